The van der Waals surface area contributed by atoms with E-state index in [9.17, 15) is 9.00 Å². The lowest BCUT2D eigenvalue weighted by Crippen LogP contribution is -2.26. The van der Waals surface area contributed by atoms with Crippen LogP contribution in [0.5, 0.6) is 0 Å². The lowest BCUT2D eigenvalue weighted by atomic mass is 10.2. The van der Waals surface area contributed by atoms with Crippen LogP contribution in [0.25, 0.3) is 6.08 Å². The first-order valence-electron chi connectivity index (χ1n) is 6.94. The highest BCUT2D eigenvalue weighted by Gasteiger charge is 2.19. The van der Waals surface area contributed by atoms with E-state index in [2.05, 4.69) is 14.6 Å². The Hall–Kier alpha value is -1.69. The average molecular weight is 308 g/mol. The highest BCUT2D eigenvalue weighted by molar-refractivity contribution is 7.85. The van der Waals surface area contributed by atoms with Crippen molar-refractivity contribution in [3.05, 3.63) is 30.0 Å². The second kappa shape index (κ2) is 7.36. The molecule has 0 aromatic carbocycles. The Balaban J connectivity index is 2.03. The summed E-state index contributed by atoms with van der Waals surface area (Å²) in [5.41, 5.74) is 0.843. The largest absolute Gasteiger partial charge is 0.466 e. The second-order valence-corrected chi connectivity index (χ2v) is 6.95. The molecule has 2 atom stereocenters. The van der Waals surface area contributed by atoms with Crippen LogP contribution in [-0.4, -0.2) is 46.4 Å². The molecule has 1 saturated heterocycles. The lowest BCUT2D eigenvalue weighted by Gasteiger charge is -2.20. The Bertz CT molecular complexity index is 542. The number of hydrogen-bond donors (Lipinski definition) is 0. The normalized spacial score (nSPS) is 23.0. The summed E-state index contributed by atoms with van der Waals surface area (Å²) in [4.78, 5) is 17.6. The SMILES string of the molecule is COC(=O)/C=C/c1ccc(N2CCC(C)S(=O)CC2)nc1. The van der Waals surface area contributed by atoms with Crippen molar-refractivity contribution in [2.75, 3.05) is 30.9 Å². The molecule has 0 aliphatic carbocycles. The van der Waals surface area contributed by atoms with Gasteiger partial charge in [0.2, 0.25) is 0 Å². The van der Waals surface area contributed by atoms with Gasteiger partial charge in [-0.25, -0.2) is 9.78 Å². The van der Waals surface area contributed by atoms with Gasteiger partial charge in [-0.2, -0.15) is 0 Å². The monoisotopic (exact) mass is 308 g/mol. The third-order valence-electron chi connectivity index (χ3n) is 3.52. The van der Waals surface area contributed by atoms with Crippen molar-refractivity contribution in [2.45, 2.75) is 18.6 Å². The quantitative estimate of drug-likeness (QED) is 0.627. The molecule has 1 aromatic rings. The number of carbonyl (C=O) groups is 1. The molecule has 114 valence electrons. The Morgan fingerprint density at radius 1 is 1.48 bits per heavy atom. The Labute approximate surface area is 127 Å². The number of pyridine rings is 1. The molecular formula is C15H20N2O3S. The number of hydrogen-bond acceptors (Lipinski definition) is 5. The summed E-state index contributed by atoms with van der Waals surface area (Å²) in [5.74, 6) is 1.19. The van der Waals surface area contributed by atoms with Crippen molar-refractivity contribution in [2.24, 2.45) is 0 Å². The van der Waals surface area contributed by atoms with E-state index < -0.39 is 10.8 Å². The van der Waals surface area contributed by atoms with E-state index in [0.29, 0.717) is 5.75 Å². The van der Waals surface area contributed by atoms with Crippen LogP contribution in [0.1, 0.15) is 18.9 Å². The minimum Gasteiger partial charge on any atom is -0.466 e. The summed E-state index contributed by atoms with van der Waals surface area (Å²) in [6, 6.07) is 3.84. The van der Waals surface area contributed by atoms with Crippen molar-refractivity contribution in [1.29, 1.82) is 0 Å². The topological polar surface area (TPSA) is 59.5 Å². The molecule has 2 heterocycles. The lowest BCUT2D eigenvalue weighted by molar-refractivity contribution is -0.134. The highest BCUT2D eigenvalue weighted by atomic mass is 32.2. The third-order valence-corrected chi connectivity index (χ3v) is 5.24. The van der Waals surface area contributed by atoms with Gasteiger partial charge in [-0.1, -0.05) is 6.92 Å². The van der Waals surface area contributed by atoms with Gasteiger partial charge in [-0.05, 0) is 30.2 Å². The molecule has 2 rings (SSSR count). The zero-order valence-electron chi connectivity index (χ0n) is 12.3. The average Bonchev–Trinajstić information content (AvgIpc) is 2.68. The number of anilines is 1. The maximum absolute atomic E-state index is 11.8. The summed E-state index contributed by atoms with van der Waals surface area (Å²) >= 11 is 0. The van der Waals surface area contributed by atoms with Gasteiger partial charge in [0.1, 0.15) is 5.82 Å². The van der Waals surface area contributed by atoms with E-state index in [1.807, 2.05) is 19.1 Å². The van der Waals surface area contributed by atoms with E-state index >= 15 is 0 Å². The van der Waals surface area contributed by atoms with Gasteiger partial charge in [-0.15, -0.1) is 0 Å². The summed E-state index contributed by atoms with van der Waals surface area (Å²) in [6.07, 6.45) is 5.67. The number of nitrogens with zero attached hydrogens (tertiary/aromatic N) is 2. The first-order chi connectivity index (χ1) is 10.1. The maximum atomic E-state index is 11.8. The van der Waals surface area contributed by atoms with Gasteiger partial charge in [0.05, 0.1) is 7.11 Å². The Morgan fingerprint density at radius 3 is 2.95 bits per heavy atom. The molecule has 2 unspecified atom stereocenters. The van der Waals surface area contributed by atoms with Gasteiger partial charge in [-0.3, -0.25) is 4.21 Å². The Kier molecular flexibility index (Phi) is 5.50. The van der Waals surface area contributed by atoms with Crippen LogP contribution in [-0.2, 0) is 20.3 Å². The van der Waals surface area contributed by atoms with Crippen molar-refractivity contribution < 1.29 is 13.7 Å². The van der Waals surface area contributed by atoms with Gasteiger partial charge in [0, 0.05) is 47.2 Å². The molecule has 1 aliphatic rings. The molecule has 1 fully saturated rings. The maximum Gasteiger partial charge on any atom is 0.330 e. The third kappa shape index (κ3) is 4.39. The molecule has 6 heteroatoms. The van der Waals surface area contributed by atoms with Crippen LogP contribution >= 0.6 is 0 Å². The molecule has 0 amide bonds. The standard InChI is InChI=1S/C15H20N2O3S/c1-12-7-8-17(9-10-21(12)19)14-5-3-13(11-16-14)4-6-15(18)20-2/h3-6,11-12H,7-10H2,1-2H3/b6-4+. The second-order valence-electron chi connectivity index (χ2n) is 4.98. The zero-order valence-corrected chi connectivity index (χ0v) is 13.1. The van der Waals surface area contributed by atoms with Gasteiger partial charge in [0.15, 0.2) is 0 Å². The molecule has 0 spiro atoms. The number of aromatic nitrogens is 1. The summed E-state index contributed by atoms with van der Waals surface area (Å²) in [7, 11) is 0.603. The molecule has 0 saturated carbocycles. The number of carbonyl (C=O) groups excluding carboxylic acids is 1. The number of rotatable bonds is 3. The van der Waals surface area contributed by atoms with Gasteiger partial charge in [0.25, 0.3) is 0 Å². The molecule has 0 radical (unpaired) electrons. The van der Waals surface area contributed by atoms with Crippen molar-refractivity contribution >= 4 is 28.7 Å². The fourth-order valence-electron chi connectivity index (χ4n) is 2.13. The van der Waals surface area contributed by atoms with Gasteiger partial charge >= 0.3 is 5.97 Å². The summed E-state index contributed by atoms with van der Waals surface area (Å²) in [6.45, 7) is 3.67. The Morgan fingerprint density at radius 2 is 2.29 bits per heavy atom. The van der Waals surface area contributed by atoms with E-state index in [0.717, 1.165) is 30.9 Å². The fraction of sp³-hybridized carbons (Fsp3) is 0.467. The van der Waals surface area contributed by atoms with Crippen LogP contribution in [0.3, 0.4) is 0 Å². The molecule has 21 heavy (non-hydrogen) atoms. The predicted octanol–water partition coefficient (Wildman–Crippen LogP) is 1.62. The smallest absolute Gasteiger partial charge is 0.330 e. The minimum atomic E-state index is -0.743. The van der Waals surface area contributed by atoms with E-state index in [4.69, 9.17) is 0 Å². The highest BCUT2D eigenvalue weighted by Crippen LogP contribution is 2.17. The first-order valence-corrected chi connectivity index (χ1v) is 8.32. The summed E-state index contributed by atoms with van der Waals surface area (Å²) in [5, 5.41) is 0.247. The number of methoxy groups -OCH3 is 1. The van der Waals surface area contributed by atoms with E-state index in [1.54, 1.807) is 12.3 Å². The van der Waals surface area contributed by atoms with Crippen molar-refractivity contribution in [3.63, 3.8) is 0 Å². The predicted molar refractivity (Wildman–Crippen MR) is 84.6 cm³/mol. The molecular weight excluding hydrogens is 288 g/mol. The van der Waals surface area contributed by atoms with E-state index in [-0.39, 0.29) is 11.2 Å². The fourth-order valence-corrected chi connectivity index (χ4v) is 3.30. The van der Waals surface area contributed by atoms with Crippen LogP contribution in [0.2, 0.25) is 0 Å². The van der Waals surface area contributed by atoms with Crippen LogP contribution in [0.15, 0.2) is 24.4 Å². The number of esters is 1. The van der Waals surface area contributed by atoms with Crippen molar-refractivity contribution in [3.8, 4) is 0 Å². The van der Waals surface area contributed by atoms with Crippen LogP contribution in [0.4, 0.5) is 5.82 Å². The van der Waals surface area contributed by atoms with Gasteiger partial charge < -0.3 is 9.64 Å². The molecule has 5 nitrogen and oxygen atoms in total. The molecule has 1 aromatic heterocycles. The van der Waals surface area contributed by atoms with Crippen LogP contribution in [0, 0.1) is 0 Å². The van der Waals surface area contributed by atoms with E-state index in [1.165, 1.54) is 13.2 Å². The molecule has 1 aliphatic heterocycles. The summed E-state index contributed by atoms with van der Waals surface area (Å²) < 4.78 is 16.4. The first kappa shape index (κ1) is 15.7. The van der Waals surface area contributed by atoms with Crippen LogP contribution < -0.4 is 4.90 Å². The number of ether oxygens (including phenoxy) is 1. The van der Waals surface area contributed by atoms with Crippen molar-refractivity contribution in [1.82, 2.24) is 4.98 Å². The minimum absolute atomic E-state index is 0.247. The zero-order chi connectivity index (χ0) is 15.2. The molecule has 0 N–H and O–H groups in total. The molecule has 0 bridgehead atoms.